The summed E-state index contributed by atoms with van der Waals surface area (Å²) in [6, 6.07) is 17.9. The molecule has 9 heteroatoms. The first kappa shape index (κ1) is 32.7. The van der Waals surface area contributed by atoms with Gasteiger partial charge in [-0.15, -0.1) is 0 Å². The Balaban J connectivity index is 1.48. The number of carbonyl (C=O) groups is 2. The molecule has 0 amide bonds. The largest absolute Gasteiger partial charge is 0.454 e. The third-order valence-corrected chi connectivity index (χ3v) is 9.40. The molecule has 1 heterocycles. The summed E-state index contributed by atoms with van der Waals surface area (Å²) in [7, 11) is -4.06. The molecular formula is C35H39FN2O5S. The molecule has 44 heavy (non-hydrogen) atoms. The maximum Gasteiger partial charge on any atom is 0.340 e. The molecule has 1 aromatic heterocycles. The number of aryl methyl sites for hydroxylation is 3. The van der Waals surface area contributed by atoms with Crippen molar-refractivity contribution in [1.82, 2.24) is 4.57 Å². The van der Waals surface area contributed by atoms with Gasteiger partial charge in [0.1, 0.15) is 5.82 Å². The number of para-hydroxylation sites is 1. The first-order valence-corrected chi connectivity index (χ1v) is 15.9. The van der Waals surface area contributed by atoms with Crippen molar-refractivity contribution in [3.05, 3.63) is 117 Å². The van der Waals surface area contributed by atoms with E-state index in [-0.39, 0.29) is 33.2 Å². The van der Waals surface area contributed by atoms with Crippen molar-refractivity contribution in [2.24, 2.45) is 0 Å². The Labute approximate surface area is 259 Å². The molecule has 4 rings (SSSR count). The molecule has 0 spiro atoms. The van der Waals surface area contributed by atoms with Gasteiger partial charge in [0.15, 0.2) is 6.61 Å². The fourth-order valence-corrected chi connectivity index (χ4v) is 6.52. The number of benzene rings is 3. The number of ketones is 1. The van der Waals surface area contributed by atoms with Crippen LogP contribution in [-0.2, 0) is 33.1 Å². The van der Waals surface area contributed by atoms with E-state index in [0.717, 1.165) is 28.1 Å². The molecule has 0 saturated heterocycles. The van der Waals surface area contributed by atoms with Crippen molar-refractivity contribution in [2.45, 2.75) is 71.7 Å². The van der Waals surface area contributed by atoms with Gasteiger partial charge in [-0.2, -0.15) is 0 Å². The summed E-state index contributed by atoms with van der Waals surface area (Å²) in [4.78, 5) is 26.4. The quantitative estimate of drug-likeness (QED) is 0.149. The van der Waals surface area contributed by atoms with Crippen LogP contribution in [0.3, 0.4) is 0 Å². The predicted octanol–water partition coefficient (Wildman–Crippen LogP) is 7.24. The molecule has 0 saturated carbocycles. The second kappa shape index (κ2) is 12.8. The number of nitrogens with zero attached hydrogens (tertiary/aromatic N) is 1. The number of rotatable bonds is 10. The molecule has 0 atom stereocenters. The highest BCUT2D eigenvalue weighted by atomic mass is 32.2. The highest BCUT2D eigenvalue weighted by molar-refractivity contribution is 7.92. The maximum absolute atomic E-state index is 13.6. The Kier molecular flexibility index (Phi) is 9.49. The van der Waals surface area contributed by atoms with Gasteiger partial charge in [0.25, 0.3) is 10.0 Å². The maximum atomic E-state index is 13.6. The fraction of sp³-hybridized carbons (Fsp3) is 0.314. The number of Topliss-reactive ketones (excluding diaryl/α,β-unsaturated/α-hetero) is 1. The van der Waals surface area contributed by atoms with Crippen molar-refractivity contribution in [2.75, 3.05) is 11.3 Å². The lowest BCUT2D eigenvalue weighted by Gasteiger charge is -2.22. The molecule has 7 nitrogen and oxygen atoms in total. The molecule has 0 unspecified atom stereocenters. The molecule has 3 aromatic carbocycles. The van der Waals surface area contributed by atoms with Gasteiger partial charge in [0, 0.05) is 23.5 Å². The van der Waals surface area contributed by atoms with Gasteiger partial charge in [-0.1, -0.05) is 51.1 Å². The van der Waals surface area contributed by atoms with Crippen molar-refractivity contribution in [3.63, 3.8) is 0 Å². The summed E-state index contributed by atoms with van der Waals surface area (Å²) in [6.07, 6.45) is 0.658. The van der Waals surface area contributed by atoms with Crippen LogP contribution in [0.5, 0.6) is 0 Å². The van der Waals surface area contributed by atoms with Crippen LogP contribution in [0.2, 0.25) is 0 Å². The number of ether oxygens (including phenoxy) is 1. The average Bonchev–Trinajstić information content (AvgIpc) is 3.24. The number of hydrogen-bond donors (Lipinski definition) is 1. The molecule has 0 aliphatic carbocycles. The first-order chi connectivity index (χ1) is 20.6. The van der Waals surface area contributed by atoms with Gasteiger partial charge in [-0.05, 0) is 98.2 Å². The van der Waals surface area contributed by atoms with E-state index >= 15 is 0 Å². The number of halogens is 1. The van der Waals surface area contributed by atoms with Crippen LogP contribution in [-0.4, -0.2) is 31.3 Å². The number of hydrogen-bond acceptors (Lipinski definition) is 5. The molecule has 232 valence electrons. The topological polar surface area (TPSA) is 94.5 Å². The Morgan fingerprint density at radius 2 is 1.57 bits per heavy atom. The number of nitrogens with one attached hydrogen (secondary N) is 1. The van der Waals surface area contributed by atoms with Gasteiger partial charge < -0.3 is 9.30 Å². The zero-order chi connectivity index (χ0) is 32.4. The smallest absolute Gasteiger partial charge is 0.340 e. The number of anilines is 1. The van der Waals surface area contributed by atoms with E-state index in [1.54, 1.807) is 43.3 Å². The van der Waals surface area contributed by atoms with E-state index in [4.69, 9.17) is 4.74 Å². The number of aromatic nitrogens is 1. The lowest BCUT2D eigenvalue weighted by atomic mass is 9.85. The summed E-state index contributed by atoms with van der Waals surface area (Å²) in [5, 5.41) is 0. The van der Waals surface area contributed by atoms with Crippen molar-refractivity contribution in [3.8, 4) is 0 Å². The van der Waals surface area contributed by atoms with E-state index in [0.29, 0.717) is 24.1 Å². The van der Waals surface area contributed by atoms with E-state index < -0.39 is 22.6 Å². The number of sulfonamides is 1. The van der Waals surface area contributed by atoms with Crippen LogP contribution in [0.1, 0.15) is 75.1 Å². The third kappa shape index (κ3) is 7.27. The molecule has 4 aromatic rings. The summed E-state index contributed by atoms with van der Waals surface area (Å²) < 4.78 is 50.3. The zero-order valence-electron chi connectivity index (χ0n) is 26.2. The van der Waals surface area contributed by atoms with Gasteiger partial charge in [0.2, 0.25) is 5.78 Å². The Morgan fingerprint density at radius 3 is 2.23 bits per heavy atom. The zero-order valence-corrected chi connectivity index (χ0v) is 27.1. The SMILES string of the molecule is Cc1cc(C(C)(C)C)cc(S(=O)(=O)Nc2ccccc2C(=O)OCC(=O)c2cc(C)n(CCc3ccc(F)cc3)c2C)c1C. The lowest BCUT2D eigenvalue weighted by Crippen LogP contribution is -2.20. The number of carbonyl (C=O) groups excluding carboxylic acids is 2. The monoisotopic (exact) mass is 618 g/mol. The van der Waals surface area contributed by atoms with Crippen LogP contribution in [0, 0.1) is 33.5 Å². The first-order valence-electron chi connectivity index (χ1n) is 14.4. The van der Waals surface area contributed by atoms with Gasteiger partial charge in [-0.25, -0.2) is 17.6 Å². The Hall–Kier alpha value is -4.24. The van der Waals surface area contributed by atoms with Crippen LogP contribution >= 0.6 is 0 Å². The summed E-state index contributed by atoms with van der Waals surface area (Å²) in [6.45, 7) is 13.5. The van der Waals surface area contributed by atoms with E-state index in [9.17, 15) is 22.4 Å². The Morgan fingerprint density at radius 1 is 0.909 bits per heavy atom. The molecule has 1 N–H and O–H groups in total. The second-order valence-corrected chi connectivity index (χ2v) is 13.8. The fourth-order valence-electron chi connectivity index (χ4n) is 5.10. The molecule has 0 aliphatic rings. The summed E-state index contributed by atoms with van der Waals surface area (Å²) >= 11 is 0. The van der Waals surface area contributed by atoms with Gasteiger partial charge in [0.05, 0.1) is 16.1 Å². The highest BCUT2D eigenvalue weighted by Crippen LogP contribution is 2.31. The van der Waals surface area contributed by atoms with Crippen LogP contribution in [0.4, 0.5) is 10.1 Å². The van der Waals surface area contributed by atoms with Gasteiger partial charge >= 0.3 is 5.97 Å². The minimum atomic E-state index is -4.06. The second-order valence-electron chi connectivity index (χ2n) is 12.1. The molecule has 0 fully saturated rings. The minimum Gasteiger partial charge on any atom is -0.454 e. The number of esters is 1. The van der Waals surface area contributed by atoms with Crippen molar-refractivity contribution < 1.29 is 27.1 Å². The average molecular weight is 619 g/mol. The van der Waals surface area contributed by atoms with Crippen LogP contribution in [0.15, 0.2) is 71.6 Å². The van der Waals surface area contributed by atoms with E-state index in [1.165, 1.54) is 24.3 Å². The summed E-state index contributed by atoms with van der Waals surface area (Å²) in [5.74, 6) is -1.48. The lowest BCUT2D eigenvalue weighted by molar-refractivity contribution is 0.0475. The van der Waals surface area contributed by atoms with E-state index in [2.05, 4.69) is 4.72 Å². The molecular weight excluding hydrogens is 579 g/mol. The predicted molar refractivity (Wildman–Crippen MR) is 170 cm³/mol. The third-order valence-electron chi connectivity index (χ3n) is 7.91. The molecule has 0 bridgehead atoms. The highest BCUT2D eigenvalue weighted by Gasteiger charge is 2.25. The normalized spacial score (nSPS) is 11.8. The van der Waals surface area contributed by atoms with Crippen molar-refractivity contribution in [1.29, 1.82) is 0 Å². The van der Waals surface area contributed by atoms with E-state index in [1.807, 2.05) is 52.2 Å². The minimum absolute atomic E-state index is 0.00463. The van der Waals surface area contributed by atoms with Crippen molar-refractivity contribution >= 4 is 27.5 Å². The van der Waals surface area contributed by atoms with Crippen LogP contribution < -0.4 is 4.72 Å². The van der Waals surface area contributed by atoms with Gasteiger partial charge in [-0.3, -0.25) is 9.52 Å². The van der Waals surface area contributed by atoms with Crippen LogP contribution in [0.25, 0.3) is 0 Å². The summed E-state index contributed by atoms with van der Waals surface area (Å²) in [5.41, 5.74) is 5.15. The molecule has 0 radical (unpaired) electrons. The molecule has 0 aliphatic heterocycles. The Bertz CT molecular complexity index is 1820. The standard InChI is InChI=1S/C35H39FN2O5S/c1-22-18-27(35(5,6)7)20-33(24(22)3)44(41,42)37-31-11-9-8-10-29(31)34(40)43-21-32(39)30-19-23(2)38(25(30)4)17-16-26-12-14-28(36)15-13-26/h8-15,18-20,37H,16-17,21H2,1-7H3.